The van der Waals surface area contributed by atoms with Crippen molar-refractivity contribution in [3.05, 3.63) is 29.6 Å². The molecule has 1 aromatic rings. The van der Waals surface area contributed by atoms with Crippen molar-refractivity contribution in [1.29, 1.82) is 0 Å². The summed E-state index contributed by atoms with van der Waals surface area (Å²) in [4.78, 5) is 23.3. The van der Waals surface area contributed by atoms with Crippen LogP contribution in [-0.4, -0.2) is 29.6 Å². The molecule has 0 aliphatic carbocycles. The molecule has 0 saturated heterocycles. The van der Waals surface area contributed by atoms with E-state index in [0.29, 0.717) is 12.8 Å². The zero-order chi connectivity index (χ0) is 15.1. The van der Waals surface area contributed by atoms with Gasteiger partial charge in [0.1, 0.15) is 5.82 Å². The van der Waals surface area contributed by atoms with Crippen LogP contribution in [0.4, 0.5) is 10.1 Å². The number of aliphatic hydroxyl groups is 1. The number of aryl methyl sites for hydroxylation is 1. The average molecular weight is 282 g/mol. The number of amides is 2. The fourth-order valence-corrected chi connectivity index (χ4v) is 1.67. The van der Waals surface area contributed by atoms with E-state index in [1.807, 2.05) is 0 Å². The zero-order valence-electron chi connectivity index (χ0n) is 11.6. The summed E-state index contributed by atoms with van der Waals surface area (Å²) in [7, 11) is 0. The quantitative estimate of drug-likeness (QED) is 0.713. The van der Waals surface area contributed by atoms with Gasteiger partial charge in [-0.3, -0.25) is 9.59 Å². The van der Waals surface area contributed by atoms with Gasteiger partial charge in [0.25, 0.3) is 0 Å². The van der Waals surface area contributed by atoms with E-state index in [4.69, 9.17) is 5.11 Å². The molecule has 0 aromatic heterocycles. The molecule has 3 N–H and O–H groups in total. The van der Waals surface area contributed by atoms with Crippen LogP contribution in [0.1, 0.15) is 25.3 Å². The Morgan fingerprint density at radius 2 is 2.05 bits per heavy atom. The van der Waals surface area contributed by atoms with E-state index in [9.17, 15) is 14.0 Å². The van der Waals surface area contributed by atoms with Crippen LogP contribution in [0.25, 0.3) is 0 Å². The van der Waals surface area contributed by atoms with Crippen LogP contribution in [-0.2, 0) is 9.59 Å². The van der Waals surface area contributed by atoms with Crippen molar-refractivity contribution in [2.75, 3.05) is 11.9 Å². The van der Waals surface area contributed by atoms with Crippen molar-refractivity contribution in [2.45, 2.75) is 32.7 Å². The van der Waals surface area contributed by atoms with E-state index >= 15 is 0 Å². The van der Waals surface area contributed by atoms with Gasteiger partial charge in [0.15, 0.2) is 0 Å². The molecule has 6 heteroatoms. The number of carbonyl (C=O) groups is 2. The number of halogens is 1. The average Bonchev–Trinajstić information content (AvgIpc) is 2.40. The third-order valence-corrected chi connectivity index (χ3v) is 2.75. The van der Waals surface area contributed by atoms with Crippen LogP contribution in [0.3, 0.4) is 0 Å². The van der Waals surface area contributed by atoms with Crippen molar-refractivity contribution < 1.29 is 19.1 Å². The summed E-state index contributed by atoms with van der Waals surface area (Å²) in [5.41, 5.74) is 0.756. The lowest BCUT2D eigenvalue weighted by atomic mass is 10.2. The number of benzene rings is 1. The monoisotopic (exact) mass is 282 g/mol. The molecule has 5 nitrogen and oxygen atoms in total. The van der Waals surface area contributed by atoms with E-state index in [0.717, 1.165) is 5.56 Å². The molecule has 0 bridgehead atoms. The summed E-state index contributed by atoms with van der Waals surface area (Å²) in [6.07, 6.45) is 1.10. The van der Waals surface area contributed by atoms with Crippen LogP contribution >= 0.6 is 0 Å². The van der Waals surface area contributed by atoms with Gasteiger partial charge in [0, 0.05) is 12.6 Å². The van der Waals surface area contributed by atoms with Gasteiger partial charge in [-0.1, -0.05) is 6.07 Å². The first-order chi connectivity index (χ1) is 9.43. The maximum Gasteiger partial charge on any atom is 0.313 e. The molecule has 20 heavy (non-hydrogen) atoms. The molecule has 0 saturated carbocycles. The standard InChI is InChI=1S/C14H19FN2O3/c1-9-5-6-11(15)12(8-9)17-14(20)13(19)16-10(2)4-3-7-18/h5-6,8,10,18H,3-4,7H2,1-2H3,(H,16,19)(H,17,20). The Hall–Kier alpha value is -1.95. The molecule has 1 atom stereocenters. The highest BCUT2D eigenvalue weighted by Gasteiger charge is 2.17. The van der Waals surface area contributed by atoms with Gasteiger partial charge in [-0.25, -0.2) is 4.39 Å². The number of hydrogen-bond acceptors (Lipinski definition) is 3. The summed E-state index contributed by atoms with van der Waals surface area (Å²) in [5, 5.41) is 13.4. The van der Waals surface area contributed by atoms with Crippen LogP contribution in [0.15, 0.2) is 18.2 Å². The lowest BCUT2D eigenvalue weighted by Crippen LogP contribution is -2.40. The number of anilines is 1. The molecule has 1 rings (SSSR count). The first-order valence-electron chi connectivity index (χ1n) is 6.43. The Bertz CT molecular complexity index is 491. The third kappa shape index (κ3) is 4.97. The van der Waals surface area contributed by atoms with Crippen molar-refractivity contribution in [3.8, 4) is 0 Å². The first kappa shape index (κ1) is 16.1. The number of rotatable bonds is 5. The van der Waals surface area contributed by atoms with E-state index in [1.165, 1.54) is 12.1 Å². The molecule has 1 aromatic carbocycles. The lowest BCUT2D eigenvalue weighted by Gasteiger charge is -2.13. The van der Waals surface area contributed by atoms with E-state index < -0.39 is 17.6 Å². The number of aliphatic hydroxyl groups excluding tert-OH is 1. The number of hydrogen-bond donors (Lipinski definition) is 3. The largest absolute Gasteiger partial charge is 0.396 e. The molecule has 0 fully saturated rings. The molecular formula is C14H19FN2O3. The van der Waals surface area contributed by atoms with E-state index in [1.54, 1.807) is 19.9 Å². The van der Waals surface area contributed by atoms with Gasteiger partial charge in [-0.2, -0.15) is 0 Å². The van der Waals surface area contributed by atoms with Crippen molar-refractivity contribution >= 4 is 17.5 Å². The summed E-state index contributed by atoms with van der Waals surface area (Å²) in [6, 6.07) is 4.02. The molecule has 110 valence electrons. The highest BCUT2D eigenvalue weighted by Crippen LogP contribution is 2.15. The predicted molar refractivity (Wildman–Crippen MR) is 73.7 cm³/mol. The second-order valence-corrected chi connectivity index (χ2v) is 4.68. The van der Waals surface area contributed by atoms with Gasteiger partial charge < -0.3 is 15.7 Å². The topological polar surface area (TPSA) is 78.4 Å². The maximum atomic E-state index is 13.4. The minimum Gasteiger partial charge on any atom is -0.396 e. The molecule has 1 unspecified atom stereocenters. The minimum absolute atomic E-state index is 0.0202. The van der Waals surface area contributed by atoms with Gasteiger partial charge in [0.2, 0.25) is 0 Å². The Balaban J connectivity index is 2.57. The second kappa shape index (κ2) is 7.59. The van der Waals surface area contributed by atoms with Crippen LogP contribution < -0.4 is 10.6 Å². The van der Waals surface area contributed by atoms with Gasteiger partial charge in [-0.05, 0) is 44.4 Å². The van der Waals surface area contributed by atoms with Gasteiger partial charge in [-0.15, -0.1) is 0 Å². The summed E-state index contributed by atoms with van der Waals surface area (Å²) < 4.78 is 13.4. The SMILES string of the molecule is Cc1ccc(F)c(NC(=O)C(=O)NC(C)CCCO)c1. The molecule has 0 heterocycles. The van der Waals surface area contributed by atoms with E-state index in [-0.39, 0.29) is 18.3 Å². The highest BCUT2D eigenvalue weighted by molar-refractivity contribution is 6.39. The summed E-state index contributed by atoms with van der Waals surface area (Å²) in [6.45, 7) is 3.52. The van der Waals surface area contributed by atoms with E-state index in [2.05, 4.69) is 10.6 Å². The Labute approximate surface area is 117 Å². The maximum absolute atomic E-state index is 13.4. The van der Waals surface area contributed by atoms with Crippen molar-refractivity contribution in [1.82, 2.24) is 5.32 Å². The molecule has 0 aliphatic rings. The number of carbonyl (C=O) groups excluding carboxylic acids is 2. The summed E-state index contributed by atoms with van der Waals surface area (Å²) in [5.74, 6) is -2.33. The van der Waals surface area contributed by atoms with Crippen LogP contribution in [0.5, 0.6) is 0 Å². The number of nitrogens with one attached hydrogen (secondary N) is 2. The minimum atomic E-state index is -0.912. The third-order valence-electron chi connectivity index (χ3n) is 2.75. The molecule has 0 radical (unpaired) electrons. The summed E-state index contributed by atoms with van der Waals surface area (Å²) >= 11 is 0. The second-order valence-electron chi connectivity index (χ2n) is 4.68. The van der Waals surface area contributed by atoms with Gasteiger partial charge in [0.05, 0.1) is 5.69 Å². The molecular weight excluding hydrogens is 263 g/mol. The first-order valence-corrected chi connectivity index (χ1v) is 6.43. The van der Waals surface area contributed by atoms with Gasteiger partial charge >= 0.3 is 11.8 Å². The molecule has 2 amide bonds. The normalized spacial score (nSPS) is 11.8. The van der Waals surface area contributed by atoms with Crippen LogP contribution in [0.2, 0.25) is 0 Å². The zero-order valence-corrected chi connectivity index (χ0v) is 11.6. The highest BCUT2D eigenvalue weighted by atomic mass is 19.1. The molecule has 0 spiro atoms. The van der Waals surface area contributed by atoms with Crippen LogP contribution in [0, 0.1) is 12.7 Å². The fraction of sp³-hybridized carbons (Fsp3) is 0.429. The predicted octanol–water partition coefficient (Wildman–Crippen LogP) is 1.35. The lowest BCUT2D eigenvalue weighted by molar-refractivity contribution is -0.136. The Kier molecular flexibility index (Phi) is 6.11. The fourth-order valence-electron chi connectivity index (χ4n) is 1.67. The van der Waals surface area contributed by atoms with Crippen molar-refractivity contribution in [3.63, 3.8) is 0 Å². The molecule has 0 aliphatic heterocycles. The van der Waals surface area contributed by atoms with Crippen molar-refractivity contribution in [2.24, 2.45) is 0 Å². The smallest absolute Gasteiger partial charge is 0.313 e. The Morgan fingerprint density at radius 3 is 2.70 bits per heavy atom. The Morgan fingerprint density at radius 1 is 1.35 bits per heavy atom.